The number of rotatable bonds is 5. The topological polar surface area (TPSA) is 23.5 Å². The summed E-state index contributed by atoms with van der Waals surface area (Å²) in [5, 5.41) is 8.03. The number of nitrogens with zero attached hydrogens (tertiary/aromatic N) is 1. The van der Waals surface area contributed by atoms with Gasteiger partial charge in [-0.1, -0.05) is 24.3 Å². The fourth-order valence-electron chi connectivity index (χ4n) is 1.31. The largest absolute Gasteiger partial charge is 0.395 e. The van der Waals surface area contributed by atoms with Gasteiger partial charge in [0.2, 0.25) is 0 Å². The average molecular weight is 274 g/mol. The van der Waals surface area contributed by atoms with Crippen molar-refractivity contribution in [1.82, 2.24) is 0 Å². The van der Waals surface area contributed by atoms with Gasteiger partial charge in [-0.3, -0.25) is 0 Å². The van der Waals surface area contributed by atoms with Gasteiger partial charge in [0.15, 0.2) is 0 Å². The number of allylic oxidation sites excluding steroid dienone is 1. The molecule has 2 atom stereocenters. The van der Waals surface area contributed by atoms with Crippen LogP contribution >= 0.6 is 23.2 Å². The normalized spacial score (nSPS) is 14.9. The van der Waals surface area contributed by atoms with Crippen molar-refractivity contribution in [2.75, 3.05) is 25.6 Å². The summed E-state index contributed by atoms with van der Waals surface area (Å²) in [5.74, 6) is 0. The van der Waals surface area contributed by atoms with Crippen LogP contribution in [0.1, 0.15) is 5.56 Å². The van der Waals surface area contributed by atoms with E-state index in [4.69, 9.17) is 28.3 Å². The first-order chi connectivity index (χ1) is 8.04. The Bertz CT molecular complexity index is 362. The minimum atomic E-state index is -0.450. The second-order valence-corrected chi connectivity index (χ2v) is 5.05. The van der Waals surface area contributed by atoms with E-state index in [1.165, 1.54) is 0 Å². The number of aliphatic hydroxyl groups is 1. The lowest BCUT2D eigenvalue weighted by atomic mass is 10.1. The van der Waals surface area contributed by atoms with Gasteiger partial charge in [-0.25, -0.2) is 0 Å². The van der Waals surface area contributed by atoms with E-state index in [0.717, 1.165) is 11.3 Å². The highest BCUT2D eigenvalue weighted by Gasteiger charge is 2.11. The molecular formula is C13H17Cl2NO. The third-order valence-corrected chi connectivity index (χ3v) is 3.39. The summed E-state index contributed by atoms with van der Waals surface area (Å²) in [4.78, 5) is 2.04. The van der Waals surface area contributed by atoms with Crippen LogP contribution in [0.25, 0.3) is 6.08 Å². The van der Waals surface area contributed by atoms with Gasteiger partial charge >= 0.3 is 0 Å². The van der Waals surface area contributed by atoms with Crippen LogP contribution in [-0.4, -0.2) is 36.6 Å². The first kappa shape index (κ1) is 14.4. The molecule has 0 aromatic heterocycles. The highest BCUT2D eigenvalue weighted by molar-refractivity contribution is 6.31. The Labute approximate surface area is 112 Å². The van der Waals surface area contributed by atoms with E-state index in [1.54, 1.807) is 6.08 Å². The molecule has 0 aliphatic heterocycles. The maximum atomic E-state index is 8.84. The molecule has 2 unspecified atom stereocenters. The molecule has 1 N–H and O–H groups in total. The van der Waals surface area contributed by atoms with Gasteiger partial charge in [-0.2, -0.15) is 0 Å². The van der Waals surface area contributed by atoms with Crippen molar-refractivity contribution >= 4 is 35.0 Å². The Kier molecular flexibility index (Phi) is 5.83. The molecule has 0 fully saturated rings. The summed E-state index contributed by atoms with van der Waals surface area (Å²) in [6, 6.07) is 8.09. The van der Waals surface area contributed by atoms with Crippen LogP contribution in [-0.2, 0) is 0 Å². The summed E-state index contributed by atoms with van der Waals surface area (Å²) in [6.07, 6.45) is 3.70. The number of halogens is 2. The third kappa shape index (κ3) is 4.58. The maximum absolute atomic E-state index is 8.84. The van der Waals surface area contributed by atoms with Crippen molar-refractivity contribution in [3.05, 3.63) is 35.9 Å². The van der Waals surface area contributed by atoms with Gasteiger partial charge in [0.05, 0.1) is 17.4 Å². The Morgan fingerprint density at radius 3 is 2.29 bits per heavy atom. The quantitative estimate of drug-likeness (QED) is 0.834. The van der Waals surface area contributed by atoms with Gasteiger partial charge in [0.25, 0.3) is 0 Å². The predicted octanol–water partition coefficient (Wildman–Crippen LogP) is 2.97. The molecular weight excluding hydrogens is 257 g/mol. The number of aliphatic hydroxyl groups excluding tert-OH is 1. The van der Waals surface area contributed by atoms with Crippen LogP contribution < -0.4 is 4.90 Å². The zero-order chi connectivity index (χ0) is 12.8. The second-order valence-electron chi connectivity index (χ2n) is 3.99. The van der Waals surface area contributed by atoms with E-state index in [9.17, 15) is 0 Å². The van der Waals surface area contributed by atoms with Gasteiger partial charge in [0, 0.05) is 19.8 Å². The van der Waals surface area contributed by atoms with Crippen LogP contribution in [0.3, 0.4) is 0 Å². The Hall–Kier alpha value is -0.700. The van der Waals surface area contributed by atoms with Gasteiger partial charge < -0.3 is 10.0 Å². The average Bonchev–Trinajstić information content (AvgIpc) is 2.35. The molecule has 94 valence electrons. The molecule has 0 saturated heterocycles. The molecule has 0 bridgehead atoms. The lowest BCUT2D eigenvalue weighted by Gasteiger charge is -2.12. The molecule has 1 rings (SSSR count). The smallest absolute Gasteiger partial charge is 0.0765 e. The zero-order valence-corrected chi connectivity index (χ0v) is 11.5. The van der Waals surface area contributed by atoms with Crippen LogP contribution in [0, 0.1) is 0 Å². The fraction of sp³-hybridized carbons (Fsp3) is 0.385. The van der Waals surface area contributed by atoms with E-state index < -0.39 is 5.38 Å². The predicted molar refractivity (Wildman–Crippen MR) is 76.2 cm³/mol. The van der Waals surface area contributed by atoms with Crippen molar-refractivity contribution < 1.29 is 5.11 Å². The van der Waals surface area contributed by atoms with E-state index >= 15 is 0 Å². The minimum absolute atomic E-state index is 0.125. The molecule has 0 spiro atoms. The van der Waals surface area contributed by atoms with Gasteiger partial charge in [0.1, 0.15) is 0 Å². The zero-order valence-electron chi connectivity index (χ0n) is 9.98. The van der Waals surface area contributed by atoms with Crippen molar-refractivity contribution in [1.29, 1.82) is 0 Å². The number of alkyl halides is 2. The van der Waals surface area contributed by atoms with E-state index in [0.29, 0.717) is 0 Å². The molecule has 1 aromatic carbocycles. The first-order valence-corrected chi connectivity index (χ1v) is 6.26. The molecule has 0 aliphatic carbocycles. The van der Waals surface area contributed by atoms with Gasteiger partial charge in [-0.15, -0.1) is 23.2 Å². The van der Waals surface area contributed by atoms with Crippen molar-refractivity contribution in [2.24, 2.45) is 0 Å². The Morgan fingerprint density at radius 2 is 1.82 bits per heavy atom. The SMILES string of the molecule is CN(C)c1ccc(C=CC(Cl)C(Cl)CO)cc1. The number of benzene rings is 1. The lowest BCUT2D eigenvalue weighted by Crippen LogP contribution is -2.16. The molecule has 0 amide bonds. The molecule has 0 aliphatic rings. The highest BCUT2D eigenvalue weighted by Crippen LogP contribution is 2.16. The Morgan fingerprint density at radius 1 is 1.24 bits per heavy atom. The third-order valence-electron chi connectivity index (χ3n) is 2.40. The molecule has 0 saturated carbocycles. The second kappa shape index (κ2) is 6.90. The van der Waals surface area contributed by atoms with E-state index in [-0.39, 0.29) is 12.0 Å². The molecule has 1 aromatic rings. The molecule has 4 heteroatoms. The summed E-state index contributed by atoms with van der Waals surface area (Å²) in [7, 11) is 4.00. The molecule has 0 radical (unpaired) electrons. The van der Waals surface area contributed by atoms with Crippen LogP contribution in [0.4, 0.5) is 5.69 Å². The summed E-state index contributed by atoms with van der Waals surface area (Å²) in [6.45, 7) is -0.125. The van der Waals surface area contributed by atoms with Crippen molar-refractivity contribution in [3.8, 4) is 0 Å². The van der Waals surface area contributed by atoms with Gasteiger partial charge in [-0.05, 0) is 17.7 Å². The lowest BCUT2D eigenvalue weighted by molar-refractivity contribution is 0.294. The Balaban J connectivity index is 2.66. The summed E-state index contributed by atoms with van der Waals surface area (Å²) < 4.78 is 0. The molecule has 0 heterocycles. The number of anilines is 1. The fourth-order valence-corrected chi connectivity index (χ4v) is 1.54. The molecule has 2 nitrogen and oxygen atoms in total. The number of hydrogen-bond donors (Lipinski definition) is 1. The monoisotopic (exact) mass is 273 g/mol. The summed E-state index contributed by atoms with van der Waals surface area (Å²) >= 11 is 11.8. The van der Waals surface area contributed by atoms with E-state index in [2.05, 4.69) is 0 Å². The first-order valence-electron chi connectivity index (χ1n) is 5.39. The highest BCUT2D eigenvalue weighted by atomic mass is 35.5. The van der Waals surface area contributed by atoms with E-state index in [1.807, 2.05) is 49.3 Å². The van der Waals surface area contributed by atoms with Crippen LogP contribution in [0.2, 0.25) is 0 Å². The standard InChI is InChI=1S/C13H17Cl2NO/c1-16(2)11-6-3-10(4-7-11)5-8-12(14)13(15)9-17/h3-8,12-13,17H,9H2,1-2H3. The van der Waals surface area contributed by atoms with Crippen LogP contribution in [0.5, 0.6) is 0 Å². The van der Waals surface area contributed by atoms with Crippen molar-refractivity contribution in [3.63, 3.8) is 0 Å². The minimum Gasteiger partial charge on any atom is -0.395 e. The maximum Gasteiger partial charge on any atom is 0.0765 e. The number of hydrogen-bond acceptors (Lipinski definition) is 2. The molecule has 17 heavy (non-hydrogen) atoms. The van der Waals surface area contributed by atoms with Crippen LogP contribution in [0.15, 0.2) is 30.3 Å². The summed E-state index contributed by atoms with van der Waals surface area (Å²) in [5.41, 5.74) is 2.21. The van der Waals surface area contributed by atoms with Crippen molar-refractivity contribution in [2.45, 2.75) is 10.8 Å².